The highest BCUT2D eigenvalue weighted by Crippen LogP contribution is 2.22. The van der Waals surface area contributed by atoms with E-state index in [4.69, 9.17) is 5.11 Å². The van der Waals surface area contributed by atoms with Gasteiger partial charge >= 0.3 is 5.97 Å². The summed E-state index contributed by atoms with van der Waals surface area (Å²) in [6, 6.07) is 2.44. The van der Waals surface area contributed by atoms with Crippen LogP contribution in [-0.2, 0) is 4.79 Å². The standard InChI is InChI=1S/C13H17NO5/c1-3-7(2)11(13(18)19)14-12(17)9-6-8(15)4-5-10(9)16/h4-7,11,15-16H,3H2,1-2H3,(H,14,17)(H,18,19). The van der Waals surface area contributed by atoms with Crippen molar-refractivity contribution in [2.45, 2.75) is 26.3 Å². The number of carbonyl (C=O) groups excluding carboxylic acids is 1. The number of benzene rings is 1. The molecule has 0 heterocycles. The van der Waals surface area contributed by atoms with Crippen LogP contribution in [0.15, 0.2) is 18.2 Å². The molecule has 1 aromatic rings. The molecular formula is C13H17NO5. The Labute approximate surface area is 110 Å². The Bertz CT molecular complexity index is 486. The van der Waals surface area contributed by atoms with Gasteiger partial charge in [-0.1, -0.05) is 20.3 Å². The van der Waals surface area contributed by atoms with E-state index in [9.17, 15) is 19.8 Å². The third kappa shape index (κ3) is 3.61. The first-order valence-corrected chi connectivity index (χ1v) is 5.92. The number of phenols is 2. The maximum Gasteiger partial charge on any atom is 0.326 e. The first-order valence-electron chi connectivity index (χ1n) is 5.92. The molecule has 1 amide bonds. The van der Waals surface area contributed by atoms with Gasteiger partial charge in [-0.25, -0.2) is 4.79 Å². The molecule has 6 heteroatoms. The lowest BCUT2D eigenvalue weighted by molar-refractivity contribution is -0.140. The normalized spacial score (nSPS) is 13.6. The summed E-state index contributed by atoms with van der Waals surface area (Å²) in [6.45, 7) is 3.53. The number of hydrogen-bond acceptors (Lipinski definition) is 4. The number of amides is 1. The van der Waals surface area contributed by atoms with Gasteiger partial charge in [-0.05, 0) is 24.1 Å². The number of carboxylic acids is 1. The van der Waals surface area contributed by atoms with E-state index in [2.05, 4.69) is 5.32 Å². The smallest absolute Gasteiger partial charge is 0.326 e. The van der Waals surface area contributed by atoms with Crippen LogP contribution in [0.1, 0.15) is 30.6 Å². The minimum absolute atomic E-state index is 0.158. The molecule has 0 aliphatic rings. The van der Waals surface area contributed by atoms with Crippen molar-refractivity contribution in [1.82, 2.24) is 5.32 Å². The zero-order valence-electron chi connectivity index (χ0n) is 10.8. The maximum absolute atomic E-state index is 11.9. The first kappa shape index (κ1) is 14.8. The van der Waals surface area contributed by atoms with Crippen molar-refractivity contribution in [2.75, 3.05) is 0 Å². The molecule has 0 fully saturated rings. The van der Waals surface area contributed by atoms with E-state index >= 15 is 0 Å². The van der Waals surface area contributed by atoms with E-state index in [1.165, 1.54) is 12.1 Å². The van der Waals surface area contributed by atoms with Gasteiger partial charge in [0, 0.05) is 0 Å². The van der Waals surface area contributed by atoms with Gasteiger partial charge in [-0.2, -0.15) is 0 Å². The van der Waals surface area contributed by atoms with Gasteiger partial charge in [0.15, 0.2) is 0 Å². The van der Waals surface area contributed by atoms with Crippen LogP contribution < -0.4 is 5.32 Å². The van der Waals surface area contributed by atoms with E-state index in [0.29, 0.717) is 6.42 Å². The summed E-state index contributed by atoms with van der Waals surface area (Å²) in [5.41, 5.74) is -0.158. The summed E-state index contributed by atoms with van der Waals surface area (Å²) in [4.78, 5) is 23.0. The second kappa shape index (κ2) is 6.08. The van der Waals surface area contributed by atoms with Crippen LogP contribution in [-0.4, -0.2) is 33.2 Å². The third-order valence-electron chi connectivity index (χ3n) is 2.99. The molecule has 6 nitrogen and oxygen atoms in total. The van der Waals surface area contributed by atoms with E-state index in [1.807, 2.05) is 6.92 Å². The van der Waals surface area contributed by atoms with Crippen molar-refractivity contribution in [3.63, 3.8) is 0 Å². The van der Waals surface area contributed by atoms with Crippen LogP contribution >= 0.6 is 0 Å². The van der Waals surface area contributed by atoms with E-state index in [1.54, 1.807) is 6.92 Å². The summed E-state index contributed by atoms with van der Waals surface area (Å²) in [7, 11) is 0. The zero-order chi connectivity index (χ0) is 14.6. The predicted molar refractivity (Wildman–Crippen MR) is 68.1 cm³/mol. The molecular weight excluding hydrogens is 250 g/mol. The molecule has 19 heavy (non-hydrogen) atoms. The Hall–Kier alpha value is -2.24. The fourth-order valence-corrected chi connectivity index (χ4v) is 1.61. The summed E-state index contributed by atoms with van der Waals surface area (Å²) in [5, 5.41) is 30.2. The molecule has 0 radical (unpaired) electrons. The number of carboxylic acid groups (broad SMARTS) is 1. The van der Waals surface area contributed by atoms with Crippen molar-refractivity contribution in [1.29, 1.82) is 0 Å². The largest absolute Gasteiger partial charge is 0.508 e. The van der Waals surface area contributed by atoms with Crippen LogP contribution in [0.4, 0.5) is 0 Å². The lowest BCUT2D eigenvalue weighted by atomic mass is 9.99. The molecule has 0 saturated carbocycles. The predicted octanol–water partition coefficient (Wildman–Crippen LogP) is 1.33. The van der Waals surface area contributed by atoms with Gasteiger partial charge in [-0.15, -0.1) is 0 Å². The Morgan fingerprint density at radius 3 is 2.47 bits per heavy atom. The zero-order valence-corrected chi connectivity index (χ0v) is 10.8. The van der Waals surface area contributed by atoms with Crippen molar-refractivity contribution >= 4 is 11.9 Å². The second-order valence-electron chi connectivity index (χ2n) is 4.38. The molecule has 1 aromatic carbocycles. The molecule has 0 spiro atoms. The Morgan fingerprint density at radius 1 is 1.32 bits per heavy atom. The fourth-order valence-electron chi connectivity index (χ4n) is 1.61. The molecule has 0 aliphatic heterocycles. The fraction of sp³-hybridized carbons (Fsp3) is 0.385. The number of rotatable bonds is 5. The van der Waals surface area contributed by atoms with Crippen LogP contribution in [0.2, 0.25) is 0 Å². The van der Waals surface area contributed by atoms with Crippen molar-refractivity contribution in [3.8, 4) is 11.5 Å². The number of hydrogen-bond donors (Lipinski definition) is 4. The molecule has 1 rings (SSSR count). The molecule has 0 bridgehead atoms. The van der Waals surface area contributed by atoms with Crippen LogP contribution in [0.5, 0.6) is 11.5 Å². The van der Waals surface area contributed by atoms with Crippen molar-refractivity contribution in [3.05, 3.63) is 23.8 Å². The lowest BCUT2D eigenvalue weighted by Gasteiger charge is -2.20. The van der Waals surface area contributed by atoms with Gasteiger partial charge < -0.3 is 20.6 Å². The SMILES string of the molecule is CCC(C)C(NC(=O)c1cc(O)ccc1O)C(=O)O. The summed E-state index contributed by atoms with van der Waals surface area (Å²) < 4.78 is 0. The number of carbonyl (C=O) groups is 2. The Morgan fingerprint density at radius 2 is 1.95 bits per heavy atom. The van der Waals surface area contributed by atoms with Crippen molar-refractivity contribution in [2.24, 2.45) is 5.92 Å². The highest BCUT2D eigenvalue weighted by atomic mass is 16.4. The van der Waals surface area contributed by atoms with E-state index in [-0.39, 0.29) is 23.0 Å². The van der Waals surface area contributed by atoms with Gasteiger partial charge in [0.2, 0.25) is 0 Å². The Balaban J connectivity index is 2.94. The Kier molecular flexibility index (Phi) is 4.74. The topological polar surface area (TPSA) is 107 Å². The number of aromatic hydroxyl groups is 2. The molecule has 2 unspecified atom stereocenters. The van der Waals surface area contributed by atoms with Gasteiger partial charge in [-0.3, -0.25) is 4.79 Å². The van der Waals surface area contributed by atoms with Gasteiger partial charge in [0.1, 0.15) is 17.5 Å². The molecule has 4 N–H and O–H groups in total. The monoisotopic (exact) mass is 267 g/mol. The molecule has 0 aromatic heterocycles. The third-order valence-corrected chi connectivity index (χ3v) is 2.99. The summed E-state index contributed by atoms with van der Waals surface area (Å²) in [5.74, 6) is -2.62. The number of phenolic OH excluding ortho intramolecular Hbond substituents is 2. The highest BCUT2D eigenvalue weighted by Gasteiger charge is 2.26. The number of aliphatic carboxylic acids is 1. The van der Waals surface area contributed by atoms with Crippen LogP contribution in [0, 0.1) is 5.92 Å². The molecule has 104 valence electrons. The molecule has 0 aliphatic carbocycles. The van der Waals surface area contributed by atoms with Crippen LogP contribution in [0.3, 0.4) is 0 Å². The number of nitrogens with one attached hydrogen (secondary N) is 1. The van der Waals surface area contributed by atoms with E-state index in [0.717, 1.165) is 6.07 Å². The summed E-state index contributed by atoms with van der Waals surface area (Å²) >= 11 is 0. The summed E-state index contributed by atoms with van der Waals surface area (Å²) in [6.07, 6.45) is 0.587. The second-order valence-corrected chi connectivity index (χ2v) is 4.38. The lowest BCUT2D eigenvalue weighted by Crippen LogP contribution is -2.45. The highest BCUT2D eigenvalue weighted by molar-refractivity contribution is 5.99. The molecule has 2 atom stereocenters. The van der Waals surface area contributed by atoms with Crippen LogP contribution in [0.25, 0.3) is 0 Å². The van der Waals surface area contributed by atoms with Gasteiger partial charge in [0.05, 0.1) is 5.56 Å². The minimum atomic E-state index is -1.14. The molecule has 0 saturated heterocycles. The van der Waals surface area contributed by atoms with E-state index < -0.39 is 17.9 Å². The first-order chi connectivity index (χ1) is 8.86. The quantitative estimate of drug-likeness (QED) is 0.602. The van der Waals surface area contributed by atoms with Gasteiger partial charge in [0.25, 0.3) is 5.91 Å². The average molecular weight is 267 g/mol. The minimum Gasteiger partial charge on any atom is -0.508 e. The average Bonchev–Trinajstić information content (AvgIpc) is 2.37. The maximum atomic E-state index is 11.9. The van der Waals surface area contributed by atoms with Crippen molar-refractivity contribution < 1.29 is 24.9 Å².